The molecule has 0 fully saturated rings. The van der Waals surface area contributed by atoms with Crippen LogP contribution in [0.1, 0.15) is 12.5 Å². The number of carbonyl (C=O) groups excluding carboxylic acids is 1. The average molecular weight is 326 g/mol. The SMILES string of the molecule is CCOC(=O)CS(=O)(=O)Nc1ccc(N)cc1C(F)(F)F. The second-order valence-electron chi connectivity index (χ2n) is 3.97. The Kier molecular flexibility index (Phi) is 5.05. The van der Waals surface area contributed by atoms with Gasteiger partial charge < -0.3 is 10.5 Å². The summed E-state index contributed by atoms with van der Waals surface area (Å²) in [5.74, 6) is -2.14. The monoisotopic (exact) mass is 326 g/mol. The second kappa shape index (κ2) is 6.20. The van der Waals surface area contributed by atoms with Gasteiger partial charge in [0.15, 0.2) is 5.75 Å². The molecule has 0 amide bonds. The molecular weight excluding hydrogens is 313 g/mol. The second-order valence-corrected chi connectivity index (χ2v) is 5.69. The number of esters is 1. The van der Waals surface area contributed by atoms with Crippen molar-refractivity contribution in [1.82, 2.24) is 0 Å². The molecule has 0 spiro atoms. The van der Waals surface area contributed by atoms with Gasteiger partial charge in [0, 0.05) is 5.69 Å². The molecular formula is C11H13F3N2O4S. The van der Waals surface area contributed by atoms with Crippen molar-refractivity contribution in [2.75, 3.05) is 22.8 Å². The fourth-order valence-electron chi connectivity index (χ4n) is 1.45. The Hall–Kier alpha value is -1.97. The van der Waals surface area contributed by atoms with Crippen molar-refractivity contribution in [3.63, 3.8) is 0 Å². The molecule has 0 aliphatic rings. The highest BCUT2D eigenvalue weighted by atomic mass is 32.2. The molecule has 0 bridgehead atoms. The fourth-order valence-corrected chi connectivity index (χ4v) is 2.43. The molecule has 0 unspecified atom stereocenters. The molecule has 0 atom stereocenters. The van der Waals surface area contributed by atoms with E-state index in [1.54, 1.807) is 4.72 Å². The number of nitrogen functional groups attached to an aromatic ring is 1. The van der Waals surface area contributed by atoms with Crippen LogP contribution in [-0.4, -0.2) is 26.7 Å². The van der Waals surface area contributed by atoms with Crippen LogP contribution < -0.4 is 10.5 Å². The lowest BCUT2D eigenvalue weighted by molar-refractivity contribution is -0.140. The average Bonchev–Trinajstić information content (AvgIpc) is 2.29. The predicted octanol–water partition coefficient (Wildman–Crippen LogP) is 1.59. The van der Waals surface area contributed by atoms with Crippen LogP contribution in [0.3, 0.4) is 0 Å². The molecule has 21 heavy (non-hydrogen) atoms. The fraction of sp³-hybridized carbons (Fsp3) is 0.364. The first kappa shape index (κ1) is 17.1. The number of nitrogens with two attached hydrogens (primary N) is 1. The number of hydrogen-bond acceptors (Lipinski definition) is 5. The van der Waals surface area contributed by atoms with Crippen LogP contribution in [0.4, 0.5) is 24.5 Å². The van der Waals surface area contributed by atoms with E-state index < -0.39 is 39.2 Å². The summed E-state index contributed by atoms with van der Waals surface area (Å²) in [7, 11) is -4.32. The van der Waals surface area contributed by atoms with Gasteiger partial charge in [-0.15, -0.1) is 0 Å². The molecule has 0 aliphatic carbocycles. The summed E-state index contributed by atoms with van der Waals surface area (Å²) in [6.45, 7) is 1.43. The van der Waals surface area contributed by atoms with E-state index in [0.29, 0.717) is 6.07 Å². The van der Waals surface area contributed by atoms with Crippen LogP contribution in [0.15, 0.2) is 18.2 Å². The van der Waals surface area contributed by atoms with E-state index >= 15 is 0 Å². The van der Waals surface area contributed by atoms with Gasteiger partial charge in [-0.1, -0.05) is 0 Å². The first-order valence-electron chi connectivity index (χ1n) is 5.68. The van der Waals surface area contributed by atoms with Crippen LogP contribution in [0, 0.1) is 0 Å². The minimum atomic E-state index is -4.79. The van der Waals surface area contributed by atoms with Crippen molar-refractivity contribution in [2.24, 2.45) is 0 Å². The zero-order chi connectivity index (χ0) is 16.3. The highest BCUT2D eigenvalue weighted by Gasteiger charge is 2.35. The van der Waals surface area contributed by atoms with Crippen molar-refractivity contribution in [2.45, 2.75) is 13.1 Å². The van der Waals surface area contributed by atoms with Crippen molar-refractivity contribution < 1.29 is 31.1 Å². The number of sulfonamides is 1. The molecule has 0 saturated carbocycles. The quantitative estimate of drug-likeness (QED) is 0.632. The third-order valence-corrected chi connectivity index (χ3v) is 3.37. The van der Waals surface area contributed by atoms with E-state index in [2.05, 4.69) is 4.74 Å². The summed E-state index contributed by atoms with van der Waals surface area (Å²) in [5.41, 5.74) is 3.14. The van der Waals surface area contributed by atoms with Gasteiger partial charge in [-0.2, -0.15) is 13.2 Å². The van der Waals surface area contributed by atoms with Crippen LogP contribution in [0.25, 0.3) is 0 Å². The summed E-state index contributed by atoms with van der Waals surface area (Å²) in [6, 6.07) is 2.58. The van der Waals surface area contributed by atoms with Crippen LogP contribution in [0.5, 0.6) is 0 Å². The Morgan fingerprint density at radius 1 is 1.38 bits per heavy atom. The summed E-state index contributed by atoms with van der Waals surface area (Å²) in [4.78, 5) is 11.1. The number of halogens is 3. The molecule has 3 N–H and O–H groups in total. The van der Waals surface area contributed by atoms with Crippen molar-refractivity contribution in [1.29, 1.82) is 0 Å². The lowest BCUT2D eigenvalue weighted by atomic mass is 10.1. The zero-order valence-corrected chi connectivity index (χ0v) is 11.7. The molecule has 0 heterocycles. The molecule has 1 aromatic carbocycles. The molecule has 0 radical (unpaired) electrons. The number of alkyl halides is 3. The highest BCUT2D eigenvalue weighted by molar-refractivity contribution is 7.93. The van der Waals surface area contributed by atoms with Crippen molar-refractivity contribution >= 4 is 27.4 Å². The van der Waals surface area contributed by atoms with Gasteiger partial charge in [0.25, 0.3) is 0 Å². The van der Waals surface area contributed by atoms with Gasteiger partial charge in [0.05, 0.1) is 17.9 Å². The molecule has 1 aromatic rings. The Labute approximate surface area is 119 Å². The van der Waals surface area contributed by atoms with Crippen LogP contribution >= 0.6 is 0 Å². The number of ether oxygens (including phenoxy) is 1. The maximum Gasteiger partial charge on any atom is 0.418 e. The summed E-state index contributed by atoms with van der Waals surface area (Å²) in [6.07, 6.45) is -4.79. The molecule has 118 valence electrons. The predicted molar refractivity (Wildman–Crippen MR) is 69.9 cm³/mol. The maximum atomic E-state index is 12.8. The largest absolute Gasteiger partial charge is 0.465 e. The van der Waals surface area contributed by atoms with Gasteiger partial charge in [-0.05, 0) is 25.1 Å². The minimum absolute atomic E-state index is 0.0377. The van der Waals surface area contributed by atoms with Crippen LogP contribution in [0.2, 0.25) is 0 Å². The van der Waals surface area contributed by atoms with E-state index in [9.17, 15) is 26.4 Å². The molecule has 0 aromatic heterocycles. The van der Waals surface area contributed by atoms with Gasteiger partial charge >= 0.3 is 12.1 Å². The summed E-state index contributed by atoms with van der Waals surface area (Å²) < 4.78 is 67.8. The Balaban J connectivity index is 3.05. The number of hydrogen-bond donors (Lipinski definition) is 2. The normalized spacial score (nSPS) is 12.0. The molecule has 10 heteroatoms. The van der Waals surface area contributed by atoms with Gasteiger partial charge in [-0.25, -0.2) is 8.42 Å². The molecule has 0 aliphatic heterocycles. The standard InChI is InChI=1S/C11H13F3N2O4S/c1-2-20-10(17)6-21(18,19)16-9-4-3-7(15)5-8(9)11(12,13)14/h3-5,16H,2,6,15H2,1H3. The molecule has 0 saturated heterocycles. The third-order valence-electron chi connectivity index (χ3n) is 2.23. The lowest BCUT2D eigenvalue weighted by Crippen LogP contribution is -2.25. The zero-order valence-electron chi connectivity index (χ0n) is 10.9. The maximum absolute atomic E-state index is 12.8. The number of rotatable bonds is 5. The van der Waals surface area contributed by atoms with Gasteiger partial charge in [-0.3, -0.25) is 9.52 Å². The van der Waals surface area contributed by atoms with E-state index in [0.717, 1.165) is 12.1 Å². The topological polar surface area (TPSA) is 98.5 Å². The highest BCUT2D eigenvalue weighted by Crippen LogP contribution is 2.36. The first-order chi connectivity index (χ1) is 9.55. The van der Waals surface area contributed by atoms with E-state index in [-0.39, 0.29) is 12.3 Å². The van der Waals surface area contributed by atoms with Gasteiger partial charge in [0.1, 0.15) is 0 Å². The summed E-state index contributed by atoms with van der Waals surface area (Å²) in [5, 5.41) is 0. The number of anilines is 2. The van der Waals surface area contributed by atoms with Crippen molar-refractivity contribution in [3.8, 4) is 0 Å². The number of carbonyl (C=O) groups is 1. The van der Waals surface area contributed by atoms with E-state index in [4.69, 9.17) is 5.73 Å². The van der Waals surface area contributed by atoms with Crippen molar-refractivity contribution in [3.05, 3.63) is 23.8 Å². The molecule has 6 nitrogen and oxygen atoms in total. The van der Waals surface area contributed by atoms with Crippen LogP contribution in [-0.2, 0) is 25.7 Å². The smallest absolute Gasteiger partial charge is 0.418 e. The minimum Gasteiger partial charge on any atom is -0.465 e. The third kappa shape index (κ3) is 5.14. The Morgan fingerprint density at radius 3 is 2.52 bits per heavy atom. The lowest BCUT2D eigenvalue weighted by Gasteiger charge is -2.15. The first-order valence-corrected chi connectivity index (χ1v) is 7.33. The van der Waals surface area contributed by atoms with E-state index in [1.165, 1.54) is 6.92 Å². The Morgan fingerprint density at radius 2 is 2.00 bits per heavy atom. The number of nitrogens with one attached hydrogen (secondary N) is 1. The Bertz CT molecular complexity index is 629. The summed E-state index contributed by atoms with van der Waals surface area (Å²) >= 11 is 0. The van der Waals surface area contributed by atoms with Gasteiger partial charge in [0.2, 0.25) is 10.0 Å². The number of benzene rings is 1. The molecule has 1 rings (SSSR count). The van der Waals surface area contributed by atoms with E-state index in [1.807, 2.05) is 0 Å².